The number of pyridine rings is 1. The number of fused-ring (bicyclic) bond motifs is 4. The lowest BCUT2D eigenvalue weighted by Gasteiger charge is -2.30. The number of anilines is 4. The Balaban J connectivity index is 1.12. The highest BCUT2D eigenvalue weighted by molar-refractivity contribution is 6.09. The molecule has 1 aliphatic heterocycles. The Kier molecular flexibility index (Phi) is 13.1. The van der Waals surface area contributed by atoms with Crippen LogP contribution < -0.4 is 14.5 Å². The number of nitrogens with zero attached hydrogens (tertiary/aromatic N) is 4. The molecule has 5 nitrogen and oxygen atoms in total. The minimum Gasteiger partial charge on any atom is -0.457 e. The number of hydrogen-bond donors (Lipinski definition) is 0. The molecule has 0 unspecified atom stereocenters. The predicted molar refractivity (Wildman–Crippen MR) is 318 cm³/mol. The van der Waals surface area contributed by atoms with Crippen LogP contribution in [0.15, 0.2) is 164 Å². The van der Waals surface area contributed by atoms with Gasteiger partial charge in [0.15, 0.2) is 23.3 Å². The quantitative estimate of drug-likeness (QED) is 0.0863. The Morgan fingerprint density at radius 1 is 0.412 bits per heavy atom. The highest BCUT2D eigenvalue weighted by atomic mass is 19.2. The standard InChI is InChI=1S/C70H65F5N4O/c1-67(2,3)44-28-29-76-59(37-44)79-55-23-17-16-22-51(55)52-27-26-49(39-58(52)79)80-50-36-47(70(10,11)12)35-48(38-50)77-40-78(57-25-19-18-24-56(57)77)66-53(43-30-45(68(4,5)6)34-46(31-43)69(7,8)9)32-42(41-20-14-13-15-21-41)33-54(66)60-61(71)63(73)65(75)64(74)62(60)72/h13-39H,40H2,1-12H3. The minimum absolute atomic E-state index is 0.0737. The summed E-state index contributed by atoms with van der Waals surface area (Å²) in [7, 11) is 0. The van der Waals surface area contributed by atoms with Gasteiger partial charge in [0.05, 0.1) is 33.7 Å². The van der Waals surface area contributed by atoms with E-state index in [1.807, 2.05) is 102 Å². The first-order valence-corrected chi connectivity index (χ1v) is 27.2. The van der Waals surface area contributed by atoms with Crippen molar-refractivity contribution in [3.05, 3.63) is 215 Å². The Bertz CT molecular complexity index is 4020. The van der Waals surface area contributed by atoms with Crippen LogP contribution in [0.4, 0.5) is 44.7 Å². The van der Waals surface area contributed by atoms with Crippen molar-refractivity contribution in [1.82, 2.24) is 9.55 Å². The van der Waals surface area contributed by atoms with Gasteiger partial charge in [-0.25, -0.2) is 26.9 Å². The summed E-state index contributed by atoms with van der Waals surface area (Å²) < 4.78 is 89.4. The highest BCUT2D eigenvalue weighted by Gasteiger charge is 2.37. The molecule has 0 fully saturated rings. The van der Waals surface area contributed by atoms with Gasteiger partial charge in [0.25, 0.3) is 0 Å². The molecule has 0 aliphatic carbocycles. The van der Waals surface area contributed by atoms with E-state index in [0.29, 0.717) is 33.9 Å². The number of halogens is 5. The molecule has 10 heteroatoms. The fourth-order valence-corrected chi connectivity index (χ4v) is 10.9. The Hall–Kier alpha value is -8.24. The zero-order chi connectivity index (χ0) is 57.0. The van der Waals surface area contributed by atoms with Gasteiger partial charge in [0.1, 0.15) is 24.0 Å². The third-order valence-electron chi connectivity index (χ3n) is 15.5. The fraction of sp³-hybridized carbons (Fsp3) is 0.243. The third kappa shape index (κ3) is 9.66. The van der Waals surface area contributed by atoms with E-state index in [2.05, 4.69) is 153 Å². The van der Waals surface area contributed by atoms with E-state index in [1.165, 1.54) is 0 Å². The van der Waals surface area contributed by atoms with Gasteiger partial charge in [-0.1, -0.05) is 162 Å². The molecule has 11 rings (SSSR count). The normalized spacial score (nSPS) is 13.2. The van der Waals surface area contributed by atoms with E-state index in [4.69, 9.17) is 9.72 Å². The third-order valence-corrected chi connectivity index (χ3v) is 15.5. The van der Waals surface area contributed by atoms with E-state index >= 15 is 22.0 Å². The summed E-state index contributed by atoms with van der Waals surface area (Å²) >= 11 is 0. The molecule has 3 heterocycles. The smallest absolute Gasteiger partial charge is 0.200 e. The van der Waals surface area contributed by atoms with Crippen LogP contribution >= 0.6 is 0 Å². The summed E-state index contributed by atoms with van der Waals surface area (Å²) in [5, 5.41) is 2.14. The van der Waals surface area contributed by atoms with Gasteiger partial charge in [-0.15, -0.1) is 0 Å². The zero-order valence-electron chi connectivity index (χ0n) is 47.4. The van der Waals surface area contributed by atoms with Crippen molar-refractivity contribution in [3.8, 4) is 50.7 Å². The molecule has 0 amide bonds. The van der Waals surface area contributed by atoms with Crippen LogP contribution in [0.2, 0.25) is 0 Å². The summed E-state index contributed by atoms with van der Waals surface area (Å²) in [5.74, 6) is -8.14. The van der Waals surface area contributed by atoms with Gasteiger partial charge in [-0.3, -0.25) is 4.57 Å². The van der Waals surface area contributed by atoms with Crippen molar-refractivity contribution in [2.45, 2.75) is 105 Å². The van der Waals surface area contributed by atoms with Gasteiger partial charge in [-0.2, -0.15) is 0 Å². The Morgan fingerprint density at radius 2 is 0.963 bits per heavy atom. The zero-order valence-corrected chi connectivity index (χ0v) is 47.4. The maximum absolute atomic E-state index is 16.8. The predicted octanol–water partition coefficient (Wildman–Crippen LogP) is 20.1. The maximum atomic E-state index is 16.8. The molecule has 0 N–H and O–H groups in total. The monoisotopic (exact) mass is 1070 g/mol. The van der Waals surface area contributed by atoms with Crippen LogP contribution in [0.25, 0.3) is 61.0 Å². The molecule has 0 bridgehead atoms. The van der Waals surface area contributed by atoms with Gasteiger partial charge >= 0.3 is 0 Å². The molecule has 0 spiro atoms. The second-order valence-corrected chi connectivity index (χ2v) is 25.3. The van der Waals surface area contributed by atoms with Crippen molar-refractivity contribution < 1.29 is 26.7 Å². The van der Waals surface area contributed by atoms with Crippen molar-refractivity contribution in [2.75, 3.05) is 16.5 Å². The van der Waals surface area contributed by atoms with Crippen molar-refractivity contribution in [1.29, 1.82) is 0 Å². The SMILES string of the molecule is CC(C)(C)c1cc(Oc2ccc3c4ccccc4n(-c4cc(C(C)(C)C)ccn4)c3c2)cc(N2CN(c3c(-c4cc(C(C)(C)C)cc(C(C)(C)C)c4)cc(-c4ccccc4)cc3-c3c(F)c(F)c(F)c(F)c3F)c3ccccc32)c1. The second-order valence-electron chi connectivity index (χ2n) is 25.3. The number of aromatic nitrogens is 2. The number of para-hydroxylation sites is 3. The van der Waals surface area contributed by atoms with E-state index in [9.17, 15) is 0 Å². The molecule has 0 saturated carbocycles. The average molecular weight is 1070 g/mol. The lowest BCUT2D eigenvalue weighted by Crippen LogP contribution is -2.26. The molecule has 10 aromatic rings. The fourth-order valence-electron chi connectivity index (χ4n) is 10.9. The van der Waals surface area contributed by atoms with Crippen molar-refractivity contribution >= 4 is 44.6 Å². The molecule has 0 radical (unpaired) electrons. The van der Waals surface area contributed by atoms with Crippen LogP contribution in [-0.4, -0.2) is 16.2 Å². The van der Waals surface area contributed by atoms with Gasteiger partial charge in [0, 0.05) is 45.9 Å². The number of hydrogen-bond acceptors (Lipinski definition) is 4. The lowest BCUT2D eigenvalue weighted by atomic mass is 9.78. The topological polar surface area (TPSA) is 33.5 Å². The number of rotatable bonds is 8. The summed E-state index contributed by atoms with van der Waals surface area (Å²) in [6.07, 6.45) is 1.86. The van der Waals surface area contributed by atoms with Gasteiger partial charge in [-0.05, 0) is 127 Å². The van der Waals surface area contributed by atoms with Crippen LogP contribution in [0.5, 0.6) is 11.5 Å². The number of ether oxygens (including phenoxy) is 1. The first kappa shape index (κ1) is 53.7. The first-order chi connectivity index (χ1) is 37.8. The summed E-state index contributed by atoms with van der Waals surface area (Å²) in [6.45, 7) is 25.8. The molecule has 0 saturated heterocycles. The van der Waals surface area contributed by atoms with E-state index in [1.54, 1.807) is 6.07 Å². The molecule has 2 aromatic heterocycles. The molecular formula is C70H65F5N4O. The Labute approximate surface area is 465 Å². The lowest BCUT2D eigenvalue weighted by molar-refractivity contribution is 0.381. The minimum atomic E-state index is -2.22. The van der Waals surface area contributed by atoms with Crippen LogP contribution in [0, 0.1) is 29.1 Å². The van der Waals surface area contributed by atoms with Gasteiger partial charge < -0.3 is 14.5 Å². The van der Waals surface area contributed by atoms with Gasteiger partial charge in [0.2, 0.25) is 5.82 Å². The molecule has 406 valence electrons. The number of benzene rings is 8. The summed E-state index contributed by atoms with van der Waals surface area (Å²) in [5.41, 5.74) is 8.67. The van der Waals surface area contributed by atoms with Crippen molar-refractivity contribution in [3.63, 3.8) is 0 Å². The van der Waals surface area contributed by atoms with Crippen LogP contribution in [-0.2, 0) is 21.7 Å². The average Bonchev–Trinajstić information content (AvgIpc) is 4.13. The van der Waals surface area contributed by atoms with Crippen molar-refractivity contribution in [2.24, 2.45) is 0 Å². The molecule has 0 atom stereocenters. The highest BCUT2D eigenvalue weighted by Crippen LogP contribution is 2.54. The molecule has 8 aromatic carbocycles. The molecular weight excluding hydrogens is 1010 g/mol. The molecule has 1 aliphatic rings. The molecule has 80 heavy (non-hydrogen) atoms. The first-order valence-electron chi connectivity index (χ1n) is 27.2. The van der Waals surface area contributed by atoms with E-state index < -0.39 is 34.6 Å². The van der Waals surface area contributed by atoms with Crippen LogP contribution in [0.3, 0.4) is 0 Å². The summed E-state index contributed by atoms with van der Waals surface area (Å²) in [4.78, 5) is 8.93. The largest absolute Gasteiger partial charge is 0.457 e. The van der Waals surface area contributed by atoms with E-state index in [-0.39, 0.29) is 39.6 Å². The Morgan fingerprint density at radius 3 is 1.60 bits per heavy atom. The second kappa shape index (κ2) is 19.5. The maximum Gasteiger partial charge on any atom is 0.200 e. The van der Waals surface area contributed by atoms with Crippen LogP contribution in [0.1, 0.15) is 105 Å². The van der Waals surface area contributed by atoms with E-state index in [0.717, 1.165) is 66.8 Å². The summed E-state index contributed by atoms with van der Waals surface area (Å²) in [6, 6.07) is 51.6.